The summed E-state index contributed by atoms with van der Waals surface area (Å²) in [7, 11) is 0. The molecule has 1 unspecified atom stereocenters. The molecule has 2 aromatic heterocycles. The van der Waals surface area contributed by atoms with Crippen LogP contribution in [0.1, 0.15) is 26.7 Å². The molecule has 0 aliphatic carbocycles. The molecular weight excluding hydrogens is 362 g/mol. The van der Waals surface area contributed by atoms with Gasteiger partial charge in [0.05, 0.1) is 23.9 Å². The van der Waals surface area contributed by atoms with Gasteiger partial charge in [-0.15, -0.1) is 11.3 Å². The van der Waals surface area contributed by atoms with E-state index < -0.39 is 0 Å². The number of aromatic nitrogens is 2. The Hall–Kier alpha value is -2.03. The largest absolute Gasteiger partial charge is 0.372 e. The number of hydrogen-bond acceptors (Lipinski definition) is 7. The molecule has 4 heterocycles. The zero-order valence-corrected chi connectivity index (χ0v) is 16.5. The predicted octanol–water partition coefficient (Wildman–Crippen LogP) is 2.51. The minimum absolute atomic E-state index is 0.00796. The van der Waals surface area contributed by atoms with Crippen molar-refractivity contribution < 1.29 is 9.53 Å². The molecule has 4 rings (SSSR count). The van der Waals surface area contributed by atoms with Crippen LogP contribution < -0.4 is 15.5 Å². The average Bonchev–Trinajstić information content (AvgIpc) is 3.33. The molecule has 2 aliphatic heterocycles. The van der Waals surface area contributed by atoms with E-state index in [0.29, 0.717) is 5.13 Å². The maximum atomic E-state index is 12.2. The van der Waals surface area contributed by atoms with Crippen molar-refractivity contribution in [2.45, 2.75) is 44.9 Å². The summed E-state index contributed by atoms with van der Waals surface area (Å²) in [6.45, 7) is 6.72. The lowest BCUT2D eigenvalue weighted by Gasteiger charge is -2.36. The van der Waals surface area contributed by atoms with E-state index in [1.807, 2.05) is 23.6 Å². The summed E-state index contributed by atoms with van der Waals surface area (Å²) in [5.41, 5.74) is 1.60. The molecular formula is C19H25N5O2S. The summed E-state index contributed by atoms with van der Waals surface area (Å²) >= 11 is 1.43. The van der Waals surface area contributed by atoms with Crippen LogP contribution in [0.3, 0.4) is 0 Å². The van der Waals surface area contributed by atoms with Crippen molar-refractivity contribution in [3.63, 3.8) is 0 Å². The zero-order valence-electron chi connectivity index (χ0n) is 15.6. The number of hydrogen-bond donors (Lipinski definition) is 2. The molecule has 0 radical (unpaired) electrons. The van der Waals surface area contributed by atoms with Gasteiger partial charge in [0, 0.05) is 18.5 Å². The topological polar surface area (TPSA) is 79.4 Å². The van der Waals surface area contributed by atoms with E-state index in [9.17, 15) is 4.79 Å². The molecule has 1 amide bonds. The molecule has 3 atom stereocenters. The number of thiazole rings is 1. The van der Waals surface area contributed by atoms with Crippen molar-refractivity contribution in [1.82, 2.24) is 15.3 Å². The molecule has 2 saturated heterocycles. The highest BCUT2D eigenvalue weighted by Gasteiger charge is 2.24. The van der Waals surface area contributed by atoms with Gasteiger partial charge in [-0.05, 0) is 45.4 Å². The van der Waals surface area contributed by atoms with Gasteiger partial charge in [-0.25, -0.2) is 9.97 Å². The Kier molecular flexibility index (Phi) is 5.38. The number of carbonyl (C=O) groups excluding carboxylic acids is 1. The summed E-state index contributed by atoms with van der Waals surface area (Å²) in [6.07, 6.45) is 2.29. The third-order valence-electron chi connectivity index (χ3n) is 4.85. The van der Waals surface area contributed by atoms with Crippen molar-refractivity contribution in [3.8, 4) is 11.4 Å². The summed E-state index contributed by atoms with van der Waals surface area (Å²) in [4.78, 5) is 23.9. The standard InChI is InChI=1S/C19H25N5O2S/c1-12-9-24(10-13(2)26-12)17-7-3-5-14(21-17)16-11-27-19(22-16)23-18(25)15-6-4-8-20-15/h3,5,7,11-13,15,20H,4,6,8-10H2,1-2H3,(H,22,23,25)/t12-,13+,15?. The highest BCUT2D eigenvalue weighted by Crippen LogP contribution is 2.26. The molecule has 8 heteroatoms. The molecule has 0 aromatic carbocycles. The molecule has 7 nitrogen and oxygen atoms in total. The van der Waals surface area contributed by atoms with E-state index >= 15 is 0 Å². The second-order valence-electron chi connectivity index (χ2n) is 7.22. The summed E-state index contributed by atoms with van der Waals surface area (Å²) in [5, 5.41) is 8.67. The van der Waals surface area contributed by atoms with Crippen molar-refractivity contribution in [3.05, 3.63) is 23.6 Å². The molecule has 2 fully saturated rings. The van der Waals surface area contributed by atoms with Crippen LogP contribution in [-0.2, 0) is 9.53 Å². The third-order valence-corrected chi connectivity index (χ3v) is 5.61. The van der Waals surface area contributed by atoms with E-state index in [4.69, 9.17) is 9.72 Å². The first-order valence-electron chi connectivity index (χ1n) is 9.46. The average molecular weight is 388 g/mol. The first-order chi connectivity index (χ1) is 13.1. The molecule has 0 saturated carbocycles. The number of pyridine rings is 1. The first-order valence-corrected chi connectivity index (χ1v) is 10.3. The maximum absolute atomic E-state index is 12.2. The van der Waals surface area contributed by atoms with Crippen LogP contribution >= 0.6 is 11.3 Å². The smallest absolute Gasteiger partial charge is 0.243 e. The quantitative estimate of drug-likeness (QED) is 0.839. The van der Waals surface area contributed by atoms with Gasteiger partial charge in [0.25, 0.3) is 0 Å². The third kappa shape index (κ3) is 4.28. The fraction of sp³-hybridized carbons (Fsp3) is 0.526. The van der Waals surface area contributed by atoms with Crippen LogP contribution in [0.4, 0.5) is 10.9 Å². The monoisotopic (exact) mass is 387 g/mol. The van der Waals surface area contributed by atoms with Crippen molar-refractivity contribution >= 4 is 28.2 Å². The minimum atomic E-state index is -0.107. The van der Waals surface area contributed by atoms with Gasteiger partial charge in [0.2, 0.25) is 5.91 Å². The van der Waals surface area contributed by atoms with E-state index in [0.717, 1.165) is 49.7 Å². The lowest BCUT2D eigenvalue weighted by molar-refractivity contribution is -0.117. The van der Waals surface area contributed by atoms with Gasteiger partial charge in [0.1, 0.15) is 11.5 Å². The highest BCUT2D eigenvalue weighted by atomic mass is 32.1. The fourth-order valence-corrected chi connectivity index (χ4v) is 4.36. The Morgan fingerprint density at radius 1 is 1.26 bits per heavy atom. The molecule has 0 spiro atoms. The van der Waals surface area contributed by atoms with Crippen LogP contribution in [-0.4, -0.2) is 53.8 Å². The Labute approximate surface area is 163 Å². The van der Waals surface area contributed by atoms with Gasteiger partial charge in [-0.3, -0.25) is 4.79 Å². The SMILES string of the molecule is C[C@@H]1CN(c2cccc(-c3csc(NC(=O)C4CCCN4)n3)n2)C[C@H](C)O1. The van der Waals surface area contributed by atoms with Crippen LogP contribution in [0.15, 0.2) is 23.6 Å². The number of morpholine rings is 1. The summed E-state index contributed by atoms with van der Waals surface area (Å²) in [5.74, 6) is 0.926. The second kappa shape index (κ2) is 7.92. The van der Waals surface area contributed by atoms with Gasteiger partial charge in [-0.1, -0.05) is 6.07 Å². The van der Waals surface area contributed by atoms with E-state index in [-0.39, 0.29) is 24.2 Å². The van der Waals surface area contributed by atoms with Gasteiger partial charge >= 0.3 is 0 Å². The molecule has 144 valence electrons. The van der Waals surface area contributed by atoms with Crippen molar-refractivity contribution in [2.24, 2.45) is 0 Å². The Morgan fingerprint density at radius 2 is 2.07 bits per heavy atom. The first kappa shape index (κ1) is 18.3. The lowest BCUT2D eigenvalue weighted by atomic mass is 10.2. The fourth-order valence-electron chi connectivity index (χ4n) is 3.66. The molecule has 27 heavy (non-hydrogen) atoms. The molecule has 2 aliphatic rings. The van der Waals surface area contributed by atoms with Crippen LogP contribution in [0.5, 0.6) is 0 Å². The Balaban J connectivity index is 1.47. The minimum Gasteiger partial charge on any atom is -0.372 e. The summed E-state index contributed by atoms with van der Waals surface area (Å²) < 4.78 is 5.81. The Morgan fingerprint density at radius 3 is 2.81 bits per heavy atom. The normalized spacial score (nSPS) is 25.6. The number of carbonyl (C=O) groups is 1. The highest BCUT2D eigenvalue weighted by molar-refractivity contribution is 7.14. The zero-order chi connectivity index (χ0) is 18.8. The van der Waals surface area contributed by atoms with Gasteiger partial charge in [0.15, 0.2) is 5.13 Å². The summed E-state index contributed by atoms with van der Waals surface area (Å²) in [6, 6.07) is 5.87. The second-order valence-corrected chi connectivity index (χ2v) is 8.08. The molecule has 0 bridgehead atoms. The van der Waals surface area contributed by atoms with Crippen LogP contribution in [0.25, 0.3) is 11.4 Å². The van der Waals surface area contributed by atoms with E-state index in [1.54, 1.807) is 0 Å². The number of ether oxygens (including phenoxy) is 1. The number of rotatable bonds is 4. The maximum Gasteiger partial charge on any atom is 0.243 e. The number of nitrogens with one attached hydrogen (secondary N) is 2. The van der Waals surface area contributed by atoms with Crippen LogP contribution in [0, 0.1) is 0 Å². The molecule has 2 N–H and O–H groups in total. The van der Waals surface area contributed by atoms with Gasteiger partial charge < -0.3 is 20.3 Å². The van der Waals surface area contributed by atoms with Gasteiger partial charge in [-0.2, -0.15) is 0 Å². The molecule has 2 aromatic rings. The van der Waals surface area contributed by atoms with E-state index in [1.165, 1.54) is 11.3 Å². The number of anilines is 2. The lowest BCUT2D eigenvalue weighted by Crippen LogP contribution is -2.45. The van der Waals surface area contributed by atoms with Crippen molar-refractivity contribution in [1.29, 1.82) is 0 Å². The van der Waals surface area contributed by atoms with E-state index in [2.05, 4.69) is 34.4 Å². The van der Waals surface area contributed by atoms with Crippen LogP contribution in [0.2, 0.25) is 0 Å². The number of nitrogens with zero attached hydrogens (tertiary/aromatic N) is 3. The predicted molar refractivity (Wildman–Crippen MR) is 107 cm³/mol. The number of amides is 1. The van der Waals surface area contributed by atoms with Crippen molar-refractivity contribution in [2.75, 3.05) is 29.9 Å². The Bertz CT molecular complexity index is 795.